The number of carbonyl (C=O) groups excluding carboxylic acids is 2. The van der Waals surface area contributed by atoms with Crippen LogP contribution >= 0.6 is 0 Å². The van der Waals surface area contributed by atoms with Gasteiger partial charge in [0.05, 0.1) is 17.8 Å². The van der Waals surface area contributed by atoms with Crippen molar-refractivity contribution in [3.05, 3.63) is 46.3 Å². The number of anilines is 1. The van der Waals surface area contributed by atoms with Gasteiger partial charge in [-0.25, -0.2) is 0 Å². The van der Waals surface area contributed by atoms with Gasteiger partial charge in [0.25, 0.3) is 5.91 Å². The summed E-state index contributed by atoms with van der Waals surface area (Å²) in [6.07, 6.45) is -2.28. The van der Waals surface area contributed by atoms with Crippen molar-refractivity contribution in [1.82, 2.24) is 10.1 Å². The maximum atomic E-state index is 13.3. The average molecular weight is 409 g/mol. The molecule has 6 nitrogen and oxygen atoms in total. The quantitative estimate of drug-likeness (QED) is 0.798. The number of alkyl halides is 3. The summed E-state index contributed by atoms with van der Waals surface area (Å²) in [5.74, 6) is -0.571. The molecule has 1 aliphatic rings. The summed E-state index contributed by atoms with van der Waals surface area (Å²) < 4.78 is 45.1. The van der Waals surface area contributed by atoms with Crippen LogP contribution in [0.2, 0.25) is 0 Å². The Balaban J connectivity index is 1.86. The molecular formula is C20H22F3N3O3. The number of aromatic nitrogens is 1. The van der Waals surface area contributed by atoms with Gasteiger partial charge in [-0.1, -0.05) is 11.6 Å². The summed E-state index contributed by atoms with van der Waals surface area (Å²) in [6.45, 7) is 3.56. The number of nitrogens with one attached hydrogen (secondary N) is 1. The molecule has 1 saturated carbocycles. The number of amides is 2. The summed E-state index contributed by atoms with van der Waals surface area (Å²) >= 11 is 0. The van der Waals surface area contributed by atoms with E-state index in [2.05, 4.69) is 10.5 Å². The predicted octanol–water partition coefficient (Wildman–Crippen LogP) is 4.32. The predicted molar refractivity (Wildman–Crippen MR) is 99.2 cm³/mol. The second kappa shape index (κ2) is 7.88. The zero-order valence-corrected chi connectivity index (χ0v) is 16.4. The van der Waals surface area contributed by atoms with Crippen LogP contribution in [0.1, 0.15) is 52.2 Å². The summed E-state index contributed by atoms with van der Waals surface area (Å²) in [5.41, 5.74) is 0.132. The summed E-state index contributed by atoms with van der Waals surface area (Å²) in [5, 5.41) is 6.33. The van der Waals surface area contributed by atoms with Crippen LogP contribution in [0.5, 0.6) is 0 Å². The smallest absolute Gasteiger partial charge is 0.361 e. The van der Waals surface area contributed by atoms with E-state index in [1.165, 1.54) is 18.0 Å². The van der Waals surface area contributed by atoms with Crippen molar-refractivity contribution in [2.75, 3.05) is 12.4 Å². The van der Waals surface area contributed by atoms with Gasteiger partial charge >= 0.3 is 6.18 Å². The third kappa shape index (κ3) is 4.60. The van der Waals surface area contributed by atoms with E-state index in [0.717, 1.165) is 31.4 Å². The van der Waals surface area contributed by atoms with Crippen LogP contribution in [-0.4, -0.2) is 28.9 Å². The maximum absolute atomic E-state index is 13.3. The third-order valence-electron chi connectivity index (χ3n) is 5.17. The molecule has 0 radical (unpaired) electrons. The van der Waals surface area contributed by atoms with E-state index in [1.807, 2.05) is 0 Å². The fraction of sp³-hybridized carbons (Fsp3) is 0.450. The van der Waals surface area contributed by atoms with Gasteiger partial charge in [-0.3, -0.25) is 9.59 Å². The Morgan fingerprint density at radius 2 is 1.93 bits per heavy atom. The van der Waals surface area contributed by atoms with E-state index in [1.54, 1.807) is 13.8 Å². The number of rotatable bonds is 5. The van der Waals surface area contributed by atoms with E-state index in [0.29, 0.717) is 17.0 Å². The number of nitrogens with zero attached hydrogens (tertiary/aromatic N) is 2. The minimum absolute atomic E-state index is 0.0363. The number of halogens is 3. The Labute approximate surface area is 166 Å². The van der Waals surface area contributed by atoms with Crippen molar-refractivity contribution in [3.8, 4) is 0 Å². The Kier molecular flexibility index (Phi) is 5.68. The first-order valence-corrected chi connectivity index (χ1v) is 9.26. The lowest BCUT2D eigenvalue weighted by molar-refractivity contribution is -0.137. The molecule has 0 atom stereocenters. The number of hydrogen-bond acceptors (Lipinski definition) is 4. The molecule has 29 heavy (non-hydrogen) atoms. The minimum atomic E-state index is -4.65. The van der Waals surface area contributed by atoms with Crippen LogP contribution in [0, 0.1) is 19.8 Å². The fourth-order valence-corrected chi connectivity index (χ4v) is 3.16. The van der Waals surface area contributed by atoms with Crippen molar-refractivity contribution in [3.63, 3.8) is 0 Å². The molecule has 1 aromatic carbocycles. The Bertz CT molecular complexity index is 913. The number of hydrogen-bond donors (Lipinski definition) is 1. The second-order valence-electron chi connectivity index (χ2n) is 7.38. The molecular weight excluding hydrogens is 387 g/mol. The molecule has 0 saturated heterocycles. The largest absolute Gasteiger partial charge is 0.416 e. The first-order chi connectivity index (χ1) is 13.6. The van der Waals surface area contributed by atoms with Crippen LogP contribution in [0.15, 0.2) is 22.7 Å². The van der Waals surface area contributed by atoms with E-state index in [4.69, 9.17) is 4.52 Å². The van der Waals surface area contributed by atoms with E-state index in [9.17, 15) is 22.8 Å². The van der Waals surface area contributed by atoms with Crippen LogP contribution in [-0.2, 0) is 17.5 Å². The third-order valence-corrected chi connectivity index (χ3v) is 5.17. The van der Waals surface area contributed by atoms with Gasteiger partial charge in [0.2, 0.25) is 5.91 Å². The number of benzene rings is 1. The molecule has 0 aliphatic heterocycles. The summed E-state index contributed by atoms with van der Waals surface area (Å²) in [6, 6.07) is 2.92. The molecule has 9 heteroatoms. The van der Waals surface area contributed by atoms with Crippen molar-refractivity contribution in [2.45, 2.75) is 45.8 Å². The standard InChI is InChI=1S/C20H22F3N3O3/c1-11-17(12(2)29-25-11)10-26(3)19(28)14-7-15(20(21,22)23)9-16(8-14)24-18(27)13-5-4-6-13/h7-9,13H,4-6,10H2,1-3H3,(H,24,27). The molecule has 3 rings (SSSR count). The van der Waals surface area contributed by atoms with E-state index < -0.39 is 17.6 Å². The Morgan fingerprint density at radius 1 is 1.24 bits per heavy atom. The van der Waals surface area contributed by atoms with Gasteiger partial charge in [-0.2, -0.15) is 13.2 Å². The molecule has 0 spiro atoms. The first kappa shape index (κ1) is 20.9. The highest BCUT2D eigenvalue weighted by Gasteiger charge is 2.33. The topological polar surface area (TPSA) is 75.4 Å². The zero-order chi connectivity index (χ0) is 21.3. The Morgan fingerprint density at radius 3 is 2.45 bits per heavy atom. The van der Waals surface area contributed by atoms with Gasteiger partial charge in [-0.15, -0.1) is 0 Å². The molecule has 2 amide bonds. The number of aryl methyl sites for hydroxylation is 2. The summed E-state index contributed by atoms with van der Waals surface area (Å²) in [7, 11) is 1.49. The normalized spacial score (nSPS) is 14.4. The lowest BCUT2D eigenvalue weighted by Crippen LogP contribution is -2.29. The molecule has 1 fully saturated rings. The molecule has 1 heterocycles. The monoisotopic (exact) mass is 409 g/mol. The average Bonchev–Trinajstić information content (AvgIpc) is 2.90. The molecule has 2 aromatic rings. The highest BCUT2D eigenvalue weighted by atomic mass is 19.4. The van der Waals surface area contributed by atoms with E-state index in [-0.39, 0.29) is 29.6 Å². The molecule has 156 valence electrons. The SMILES string of the molecule is Cc1noc(C)c1CN(C)C(=O)c1cc(NC(=O)C2CCC2)cc(C(F)(F)F)c1. The van der Waals surface area contributed by atoms with Crippen molar-refractivity contribution in [1.29, 1.82) is 0 Å². The zero-order valence-electron chi connectivity index (χ0n) is 16.4. The van der Waals surface area contributed by atoms with Crippen molar-refractivity contribution < 1.29 is 27.3 Å². The molecule has 1 N–H and O–H groups in total. The molecule has 1 aromatic heterocycles. The van der Waals surface area contributed by atoms with Crippen LogP contribution in [0.25, 0.3) is 0 Å². The maximum Gasteiger partial charge on any atom is 0.416 e. The Hall–Kier alpha value is -2.84. The van der Waals surface area contributed by atoms with Crippen molar-refractivity contribution >= 4 is 17.5 Å². The van der Waals surface area contributed by atoms with Gasteiger partial charge in [0.1, 0.15) is 5.76 Å². The fourth-order valence-electron chi connectivity index (χ4n) is 3.16. The van der Waals surface area contributed by atoms with Gasteiger partial charge in [-0.05, 0) is 44.9 Å². The van der Waals surface area contributed by atoms with Crippen LogP contribution in [0.4, 0.5) is 18.9 Å². The van der Waals surface area contributed by atoms with E-state index >= 15 is 0 Å². The van der Waals surface area contributed by atoms with Gasteiger partial charge in [0.15, 0.2) is 0 Å². The summed E-state index contributed by atoms with van der Waals surface area (Å²) in [4.78, 5) is 26.3. The highest BCUT2D eigenvalue weighted by molar-refractivity contribution is 5.98. The lowest BCUT2D eigenvalue weighted by atomic mass is 9.85. The van der Waals surface area contributed by atoms with Gasteiger partial charge in [0, 0.05) is 29.8 Å². The van der Waals surface area contributed by atoms with Crippen LogP contribution < -0.4 is 5.32 Å². The molecule has 0 bridgehead atoms. The van der Waals surface area contributed by atoms with Gasteiger partial charge < -0.3 is 14.7 Å². The second-order valence-corrected chi connectivity index (χ2v) is 7.38. The first-order valence-electron chi connectivity index (χ1n) is 9.26. The molecule has 0 unspecified atom stereocenters. The number of carbonyl (C=O) groups is 2. The highest BCUT2D eigenvalue weighted by Crippen LogP contribution is 2.33. The van der Waals surface area contributed by atoms with Crippen molar-refractivity contribution in [2.24, 2.45) is 5.92 Å². The molecule has 1 aliphatic carbocycles. The van der Waals surface area contributed by atoms with Crippen LogP contribution in [0.3, 0.4) is 0 Å². The minimum Gasteiger partial charge on any atom is -0.361 e. The lowest BCUT2D eigenvalue weighted by Gasteiger charge is -2.24.